The molecule has 2 aliphatic heterocycles. The molecule has 130 valence electrons. The highest BCUT2D eigenvalue weighted by Gasteiger charge is 2.37. The van der Waals surface area contributed by atoms with Crippen LogP contribution in [0.4, 0.5) is 0 Å². The van der Waals surface area contributed by atoms with Gasteiger partial charge in [-0.15, -0.1) is 24.8 Å². The summed E-state index contributed by atoms with van der Waals surface area (Å²) in [4.78, 5) is 5.03. The average molecular weight is 386 g/mol. The number of fused-ring (bicyclic) bond motifs is 3. The summed E-state index contributed by atoms with van der Waals surface area (Å²) in [6, 6.07) is 17.7. The van der Waals surface area contributed by atoms with E-state index in [1.54, 1.807) is 0 Å². The summed E-state index contributed by atoms with van der Waals surface area (Å²) in [6.45, 7) is 4.42. The first-order valence-corrected chi connectivity index (χ1v) is 8.37. The van der Waals surface area contributed by atoms with Crippen LogP contribution in [0.2, 0.25) is 5.02 Å². The Bertz CT molecular complexity index is 678. The molecule has 1 fully saturated rings. The fourth-order valence-corrected chi connectivity index (χ4v) is 4.27. The third-order valence-electron chi connectivity index (χ3n) is 5.11. The molecule has 0 radical (unpaired) electrons. The highest BCUT2D eigenvalue weighted by Crippen LogP contribution is 2.43. The van der Waals surface area contributed by atoms with E-state index in [4.69, 9.17) is 11.6 Å². The van der Waals surface area contributed by atoms with Gasteiger partial charge in [-0.25, -0.2) is 0 Å². The van der Waals surface area contributed by atoms with Crippen LogP contribution in [0, 0.1) is 0 Å². The van der Waals surface area contributed by atoms with Crippen molar-refractivity contribution in [2.45, 2.75) is 12.0 Å². The fraction of sp³-hybridized carbons (Fsp3) is 0.368. The number of rotatable bonds is 1. The first kappa shape index (κ1) is 19.6. The van der Waals surface area contributed by atoms with Gasteiger partial charge in [0.25, 0.3) is 0 Å². The third kappa shape index (κ3) is 3.44. The number of piperazine rings is 1. The lowest BCUT2D eigenvalue weighted by Crippen LogP contribution is -2.50. The summed E-state index contributed by atoms with van der Waals surface area (Å²) in [5.74, 6) is 0.426. The van der Waals surface area contributed by atoms with Gasteiger partial charge in [-0.3, -0.25) is 4.90 Å². The summed E-state index contributed by atoms with van der Waals surface area (Å²) in [5.41, 5.74) is 4.15. The van der Waals surface area contributed by atoms with E-state index in [2.05, 4.69) is 59.3 Å². The molecule has 1 saturated heterocycles. The van der Waals surface area contributed by atoms with E-state index in [-0.39, 0.29) is 24.8 Å². The van der Waals surface area contributed by atoms with Crippen LogP contribution in [-0.2, 0) is 0 Å². The molecule has 0 spiro atoms. The standard InChI is InChI=1S/C19H21ClN2.2ClH/c1-21-10-11-22-12-16(14-6-3-2-4-7-14)15-8-5-9-17(20)19(15)18(22)13-21;;/h2-9,16,18H,10-13H2,1H3;2*1H. The molecule has 5 heteroatoms. The van der Waals surface area contributed by atoms with E-state index in [1.807, 2.05) is 6.07 Å². The lowest BCUT2D eigenvalue weighted by molar-refractivity contribution is 0.0773. The smallest absolute Gasteiger partial charge is 0.0493 e. The Hall–Kier alpha value is -0.770. The zero-order chi connectivity index (χ0) is 15.1. The van der Waals surface area contributed by atoms with E-state index in [0.717, 1.165) is 31.2 Å². The van der Waals surface area contributed by atoms with Crippen LogP contribution in [0.3, 0.4) is 0 Å². The van der Waals surface area contributed by atoms with Crippen molar-refractivity contribution in [3.05, 3.63) is 70.2 Å². The van der Waals surface area contributed by atoms with Crippen molar-refractivity contribution in [3.63, 3.8) is 0 Å². The van der Waals surface area contributed by atoms with Gasteiger partial charge in [0.1, 0.15) is 0 Å². The van der Waals surface area contributed by atoms with Crippen LogP contribution in [0.5, 0.6) is 0 Å². The van der Waals surface area contributed by atoms with Gasteiger partial charge in [0.2, 0.25) is 0 Å². The molecule has 2 nitrogen and oxygen atoms in total. The van der Waals surface area contributed by atoms with Crippen LogP contribution in [0.25, 0.3) is 0 Å². The second-order valence-electron chi connectivity index (χ2n) is 6.48. The number of likely N-dealkylation sites (N-methyl/N-ethyl adjacent to an activating group) is 1. The predicted octanol–water partition coefficient (Wildman–Crippen LogP) is 4.62. The Morgan fingerprint density at radius 1 is 0.917 bits per heavy atom. The van der Waals surface area contributed by atoms with E-state index in [9.17, 15) is 0 Å². The Labute approximate surface area is 161 Å². The molecular formula is C19H23Cl3N2. The molecule has 4 rings (SSSR count). The maximum Gasteiger partial charge on any atom is 0.0493 e. The summed E-state index contributed by atoms with van der Waals surface area (Å²) in [6.07, 6.45) is 0. The second kappa shape index (κ2) is 8.07. The second-order valence-corrected chi connectivity index (χ2v) is 6.89. The number of nitrogens with zero attached hydrogens (tertiary/aromatic N) is 2. The fourth-order valence-electron chi connectivity index (χ4n) is 3.96. The molecule has 2 aromatic carbocycles. The van der Waals surface area contributed by atoms with E-state index in [1.165, 1.54) is 16.7 Å². The highest BCUT2D eigenvalue weighted by molar-refractivity contribution is 6.31. The van der Waals surface area contributed by atoms with Crippen LogP contribution in [0.15, 0.2) is 48.5 Å². The first-order chi connectivity index (χ1) is 10.7. The first-order valence-electron chi connectivity index (χ1n) is 8.00. The topological polar surface area (TPSA) is 6.48 Å². The summed E-state index contributed by atoms with van der Waals surface area (Å²) >= 11 is 6.62. The molecule has 0 aromatic heterocycles. The Morgan fingerprint density at radius 3 is 2.42 bits per heavy atom. The maximum atomic E-state index is 6.62. The maximum absolute atomic E-state index is 6.62. The zero-order valence-corrected chi connectivity index (χ0v) is 16.1. The van der Waals surface area contributed by atoms with E-state index < -0.39 is 0 Å². The van der Waals surface area contributed by atoms with Crippen molar-refractivity contribution < 1.29 is 0 Å². The molecular weight excluding hydrogens is 363 g/mol. The minimum atomic E-state index is 0. The molecule has 0 amide bonds. The molecule has 2 unspecified atom stereocenters. The summed E-state index contributed by atoms with van der Waals surface area (Å²) in [5, 5.41) is 0.920. The number of hydrogen-bond acceptors (Lipinski definition) is 2. The van der Waals surface area contributed by atoms with Gasteiger partial charge in [0.05, 0.1) is 0 Å². The van der Waals surface area contributed by atoms with E-state index in [0.29, 0.717) is 12.0 Å². The predicted molar refractivity (Wildman–Crippen MR) is 106 cm³/mol. The van der Waals surface area contributed by atoms with Gasteiger partial charge in [-0.2, -0.15) is 0 Å². The number of halogens is 3. The van der Waals surface area contributed by atoms with Gasteiger partial charge in [0.15, 0.2) is 0 Å². The Morgan fingerprint density at radius 2 is 1.67 bits per heavy atom. The minimum Gasteiger partial charge on any atom is -0.303 e. The molecule has 24 heavy (non-hydrogen) atoms. The molecule has 0 saturated carbocycles. The van der Waals surface area contributed by atoms with Crippen molar-refractivity contribution in [1.29, 1.82) is 0 Å². The van der Waals surface area contributed by atoms with Gasteiger partial charge in [0, 0.05) is 43.2 Å². The Kier molecular flexibility index (Phi) is 6.58. The van der Waals surface area contributed by atoms with Crippen molar-refractivity contribution in [3.8, 4) is 0 Å². The third-order valence-corrected chi connectivity index (χ3v) is 5.44. The molecule has 2 aromatic rings. The van der Waals surface area contributed by atoms with Crippen molar-refractivity contribution in [2.75, 3.05) is 33.2 Å². The van der Waals surface area contributed by atoms with Crippen molar-refractivity contribution >= 4 is 36.4 Å². The van der Waals surface area contributed by atoms with Crippen LogP contribution in [0.1, 0.15) is 28.7 Å². The number of benzene rings is 2. The zero-order valence-electron chi connectivity index (χ0n) is 13.7. The minimum absolute atomic E-state index is 0. The molecule has 2 aliphatic rings. The summed E-state index contributed by atoms with van der Waals surface area (Å²) < 4.78 is 0. The van der Waals surface area contributed by atoms with Gasteiger partial charge < -0.3 is 4.90 Å². The Balaban J connectivity index is 0.00000104. The van der Waals surface area contributed by atoms with Gasteiger partial charge >= 0.3 is 0 Å². The molecule has 0 aliphatic carbocycles. The largest absolute Gasteiger partial charge is 0.303 e. The molecule has 2 atom stereocenters. The number of hydrogen-bond donors (Lipinski definition) is 0. The van der Waals surface area contributed by atoms with Crippen LogP contribution in [-0.4, -0.2) is 43.0 Å². The van der Waals surface area contributed by atoms with Crippen LogP contribution >= 0.6 is 36.4 Å². The normalized spacial score (nSPS) is 23.4. The highest BCUT2D eigenvalue weighted by atomic mass is 35.5. The van der Waals surface area contributed by atoms with Gasteiger partial charge in [-0.1, -0.05) is 54.1 Å². The SMILES string of the molecule is CN1CCN2CC(c3ccccc3)c3cccc(Cl)c3C2C1.Cl.Cl. The lowest BCUT2D eigenvalue weighted by Gasteiger charge is -2.47. The van der Waals surface area contributed by atoms with Crippen molar-refractivity contribution in [1.82, 2.24) is 9.80 Å². The van der Waals surface area contributed by atoms with Crippen LogP contribution < -0.4 is 0 Å². The monoisotopic (exact) mass is 384 g/mol. The van der Waals surface area contributed by atoms with Crippen molar-refractivity contribution in [2.24, 2.45) is 0 Å². The lowest BCUT2D eigenvalue weighted by atomic mass is 9.80. The van der Waals surface area contributed by atoms with E-state index >= 15 is 0 Å². The molecule has 0 bridgehead atoms. The molecule has 2 heterocycles. The summed E-state index contributed by atoms with van der Waals surface area (Å²) in [7, 11) is 2.21. The quantitative estimate of drug-likeness (QED) is 0.707. The van der Waals surface area contributed by atoms with Gasteiger partial charge in [-0.05, 0) is 29.8 Å². The average Bonchev–Trinajstić information content (AvgIpc) is 2.55. The molecule has 0 N–H and O–H groups in total.